The number of aromatic nitrogens is 1. The van der Waals surface area contributed by atoms with E-state index in [4.69, 9.17) is 10.9 Å². The van der Waals surface area contributed by atoms with E-state index < -0.39 is 0 Å². The molecule has 1 saturated heterocycles. The van der Waals surface area contributed by atoms with Crippen LogP contribution in [0.2, 0.25) is 0 Å². The molecule has 1 fully saturated rings. The van der Waals surface area contributed by atoms with Crippen molar-refractivity contribution in [2.75, 3.05) is 26.2 Å². The summed E-state index contributed by atoms with van der Waals surface area (Å²) in [6, 6.07) is 5.57. The summed E-state index contributed by atoms with van der Waals surface area (Å²) in [5.41, 5.74) is 0.333. The molecule has 1 N–H and O–H groups in total. The minimum Gasteiger partial charge on any atom is -0.355 e. The van der Waals surface area contributed by atoms with Crippen LogP contribution in [0.5, 0.6) is 0 Å². The predicted molar refractivity (Wildman–Crippen MR) is 94.8 cm³/mol. The van der Waals surface area contributed by atoms with Gasteiger partial charge in [0.2, 0.25) is 0 Å². The first-order chi connectivity index (χ1) is 11.8. The molecule has 5 nitrogen and oxygen atoms in total. The van der Waals surface area contributed by atoms with Gasteiger partial charge in [-0.05, 0) is 30.8 Å². The molecule has 2 aromatic rings. The molecule has 24 heavy (non-hydrogen) atoms. The summed E-state index contributed by atoms with van der Waals surface area (Å²) < 4.78 is 5.22. The first kappa shape index (κ1) is 16.7. The number of rotatable bonds is 8. The molecule has 0 aliphatic carbocycles. The Balaban J connectivity index is 1.30. The molecule has 3 rings (SSSR count). The van der Waals surface area contributed by atoms with Crippen LogP contribution in [0.25, 0.3) is 10.6 Å². The second-order valence-corrected chi connectivity index (χ2v) is 6.94. The molecule has 6 heteroatoms. The highest BCUT2D eigenvalue weighted by Gasteiger charge is 2.23. The first-order valence-electron chi connectivity index (χ1n) is 8.23. The lowest BCUT2D eigenvalue weighted by molar-refractivity contribution is 0.0943. The van der Waals surface area contributed by atoms with Crippen molar-refractivity contribution in [3.8, 4) is 23.0 Å². The minimum absolute atomic E-state index is 0.179. The smallest absolute Gasteiger partial charge is 0.273 e. The van der Waals surface area contributed by atoms with Crippen molar-refractivity contribution < 1.29 is 9.32 Å². The molecule has 0 saturated carbocycles. The zero-order valence-electron chi connectivity index (χ0n) is 13.5. The second-order valence-electron chi connectivity index (χ2n) is 5.99. The quantitative estimate of drug-likeness (QED) is 0.591. The van der Waals surface area contributed by atoms with E-state index in [2.05, 4.69) is 21.3 Å². The number of terminal acetylenes is 1. The largest absolute Gasteiger partial charge is 0.355 e. The fourth-order valence-corrected chi connectivity index (χ4v) is 3.38. The Morgan fingerprint density at radius 1 is 1.46 bits per heavy atom. The lowest BCUT2D eigenvalue weighted by Crippen LogP contribution is -2.46. The first-order valence-corrected chi connectivity index (χ1v) is 9.11. The van der Waals surface area contributed by atoms with Gasteiger partial charge in [0.05, 0.1) is 4.88 Å². The second kappa shape index (κ2) is 8.13. The van der Waals surface area contributed by atoms with E-state index in [0.29, 0.717) is 23.9 Å². The van der Waals surface area contributed by atoms with Crippen LogP contribution >= 0.6 is 11.3 Å². The summed E-state index contributed by atoms with van der Waals surface area (Å²) in [5.74, 6) is 3.68. The van der Waals surface area contributed by atoms with Crippen LogP contribution in [0.4, 0.5) is 0 Å². The highest BCUT2D eigenvalue weighted by molar-refractivity contribution is 7.13. The number of carbonyl (C=O) groups is 1. The van der Waals surface area contributed by atoms with Crippen molar-refractivity contribution in [3.63, 3.8) is 0 Å². The molecule has 0 unspecified atom stereocenters. The number of carbonyl (C=O) groups excluding carboxylic acids is 1. The van der Waals surface area contributed by atoms with Crippen molar-refractivity contribution in [3.05, 3.63) is 29.3 Å². The zero-order valence-corrected chi connectivity index (χ0v) is 14.3. The maximum atomic E-state index is 12.0. The van der Waals surface area contributed by atoms with Gasteiger partial charge in [-0.15, -0.1) is 23.7 Å². The van der Waals surface area contributed by atoms with Crippen LogP contribution in [0.3, 0.4) is 0 Å². The van der Waals surface area contributed by atoms with E-state index in [0.717, 1.165) is 43.8 Å². The van der Waals surface area contributed by atoms with Crippen molar-refractivity contribution in [2.45, 2.75) is 19.3 Å². The Morgan fingerprint density at radius 2 is 2.33 bits per heavy atom. The summed E-state index contributed by atoms with van der Waals surface area (Å²) >= 11 is 1.56. The van der Waals surface area contributed by atoms with Gasteiger partial charge in [-0.3, -0.25) is 4.79 Å². The number of likely N-dealkylation sites (tertiary alicyclic amines) is 1. The normalized spacial score (nSPS) is 15.0. The van der Waals surface area contributed by atoms with Crippen molar-refractivity contribution >= 4 is 17.2 Å². The van der Waals surface area contributed by atoms with Gasteiger partial charge in [0.15, 0.2) is 11.5 Å². The van der Waals surface area contributed by atoms with Crippen LogP contribution in [-0.4, -0.2) is 42.1 Å². The number of nitrogens with one attached hydrogen (secondary N) is 1. The molecule has 126 valence electrons. The number of amides is 1. The Morgan fingerprint density at radius 3 is 3.08 bits per heavy atom. The van der Waals surface area contributed by atoms with E-state index in [9.17, 15) is 4.79 Å². The van der Waals surface area contributed by atoms with Gasteiger partial charge in [0, 0.05) is 31.6 Å². The molecular formula is C18H21N3O2S. The molecule has 1 aliphatic heterocycles. The SMILES string of the molecule is C#CC1CN(CCCCCNC(=O)c2cc(-c3cccs3)on2)C1. The Bertz CT molecular complexity index is 696. The van der Waals surface area contributed by atoms with E-state index in [1.54, 1.807) is 17.4 Å². The van der Waals surface area contributed by atoms with Gasteiger partial charge >= 0.3 is 0 Å². The van der Waals surface area contributed by atoms with Gasteiger partial charge < -0.3 is 14.7 Å². The summed E-state index contributed by atoms with van der Waals surface area (Å²) in [7, 11) is 0. The van der Waals surface area contributed by atoms with Gasteiger partial charge in [-0.25, -0.2) is 0 Å². The number of unbranched alkanes of at least 4 members (excludes halogenated alkanes) is 2. The fraction of sp³-hybridized carbons (Fsp3) is 0.444. The molecule has 1 aliphatic rings. The number of thiophene rings is 1. The maximum absolute atomic E-state index is 12.0. The summed E-state index contributed by atoms with van der Waals surface area (Å²) in [4.78, 5) is 15.4. The zero-order chi connectivity index (χ0) is 16.8. The molecule has 3 heterocycles. The van der Waals surface area contributed by atoms with Gasteiger partial charge in [0.25, 0.3) is 5.91 Å². The van der Waals surface area contributed by atoms with Crippen molar-refractivity contribution in [1.82, 2.24) is 15.4 Å². The number of hydrogen-bond acceptors (Lipinski definition) is 5. The Kier molecular flexibility index (Phi) is 5.68. The predicted octanol–water partition coefficient (Wildman–Crippen LogP) is 2.87. The minimum atomic E-state index is -0.179. The summed E-state index contributed by atoms with van der Waals surface area (Å²) in [5, 5.41) is 8.70. The van der Waals surface area contributed by atoms with Crippen molar-refractivity contribution in [2.24, 2.45) is 5.92 Å². The van der Waals surface area contributed by atoms with E-state index in [-0.39, 0.29) is 5.91 Å². The lowest BCUT2D eigenvalue weighted by atomic mass is 10.0. The number of hydrogen-bond donors (Lipinski definition) is 1. The van der Waals surface area contributed by atoms with Gasteiger partial charge in [0.1, 0.15) is 0 Å². The van der Waals surface area contributed by atoms with Gasteiger partial charge in [-0.1, -0.05) is 17.6 Å². The average molecular weight is 343 g/mol. The van der Waals surface area contributed by atoms with Crippen LogP contribution < -0.4 is 5.32 Å². The molecule has 0 bridgehead atoms. The van der Waals surface area contributed by atoms with E-state index in [1.165, 1.54) is 0 Å². The highest BCUT2D eigenvalue weighted by Crippen LogP contribution is 2.25. The third-order valence-corrected chi connectivity index (χ3v) is 5.02. The van der Waals surface area contributed by atoms with Crippen LogP contribution in [-0.2, 0) is 0 Å². The van der Waals surface area contributed by atoms with Gasteiger partial charge in [-0.2, -0.15) is 0 Å². The number of nitrogens with zero attached hydrogens (tertiary/aromatic N) is 2. The van der Waals surface area contributed by atoms with Crippen molar-refractivity contribution in [1.29, 1.82) is 0 Å². The maximum Gasteiger partial charge on any atom is 0.273 e. The molecule has 2 aromatic heterocycles. The average Bonchev–Trinajstić information content (AvgIpc) is 3.22. The topological polar surface area (TPSA) is 58.4 Å². The van der Waals surface area contributed by atoms with Crippen LogP contribution in [0.1, 0.15) is 29.8 Å². The van der Waals surface area contributed by atoms with E-state index in [1.807, 2.05) is 17.5 Å². The summed E-state index contributed by atoms with van der Waals surface area (Å²) in [6.45, 7) is 3.82. The Hall–Kier alpha value is -2.10. The molecule has 0 atom stereocenters. The fourth-order valence-electron chi connectivity index (χ4n) is 2.70. The standard InChI is InChI=1S/C18H21N3O2S/c1-2-14-12-21(13-14)9-5-3-4-8-19-18(22)15-11-16(23-20-15)17-7-6-10-24-17/h1,6-7,10-11,14H,3-5,8-9,12-13H2,(H,19,22). The highest BCUT2D eigenvalue weighted by atomic mass is 32.1. The third-order valence-electron chi connectivity index (χ3n) is 4.14. The molecule has 0 radical (unpaired) electrons. The molecule has 0 spiro atoms. The lowest BCUT2D eigenvalue weighted by Gasteiger charge is -2.36. The molecule has 0 aromatic carbocycles. The monoisotopic (exact) mass is 343 g/mol. The molecule has 1 amide bonds. The van der Waals surface area contributed by atoms with Crippen LogP contribution in [0, 0.1) is 18.3 Å². The van der Waals surface area contributed by atoms with E-state index >= 15 is 0 Å². The molecular weight excluding hydrogens is 322 g/mol. The Labute approximate surface area is 146 Å². The summed E-state index contributed by atoms with van der Waals surface area (Å²) in [6.07, 6.45) is 8.57. The third kappa shape index (κ3) is 4.25. The van der Waals surface area contributed by atoms with Crippen LogP contribution in [0.15, 0.2) is 28.1 Å².